The molecular weight excluding hydrogens is 246 g/mol. The third kappa shape index (κ3) is 3.17. The van der Waals surface area contributed by atoms with Gasteiger partial charge < -0.3 is 9.47 Å². The predicted octanol–water partition coefficient (Wildman–Crippen LogP) is 1.44. The van der Waals surface area contributed by atoms with E-state index in [9.17, 15) is 9.59 Å². The molecule has 0 unspecified atom stereocenters. The topological polar surface area (TPSA) is 65.5 Å². The lowest BCUT2D eigenvalue weighted by Crippen LogP contribution is -2.14. The lowest BCUT2D eigenvalue weighted by atomic mass is 10.1. The average Bonchev–Trinajstić information content (AvgIpc) is 2.37. The Bertz CT molecular complexity index is 433. The second-order valence-electron chi connectivity index (χ2n) is 3.16. The Morgan fingerprint density at radius 3 is 2.47 bits per heavy atom. The van der Waals surface area contributed by atoms with Crippen LogP contribution in [0, 0.1) is 0 Å². The van der Waals surface area contributed by atoms with Gasteiger partial charge in [-0.25, -0.2) is 14.6 Å². The molecule has 0 bridgehead atoms. The molecule has 17 heavy (non-hydrogen) atoms. The van der Waals surface area contributed by atoms with E-state index in [0.29, 0.717) is 12.3 Å². The van der Waals surface area contributed by atoms with Gasteiger partial charge in [-0.3, -0.25) is 0 Å². The number of nitrogens with zero attached hydrogens (tertiary/aromatic N) is 1. The molecule has 6 heteroatoms. The van der Waals surface area contributed by atoms with Gasteiger partial charge in [-0.2, -0.15) is 0 Å². The standard InChI is InChI=1S/C11H12ClNO4/c1-16-10(14)8-5-7(3-4-12)6-13-9(8)11(15)17-2/h5-6H,3-4H2,1-2H3. The van der Waals surface area contributed by atoms with Gasteiger partial charge in [0.05, 0.1) is 19.8 Å². The maximum absolute atomic E-state index is 11.5. The Morgan fingerprint density at radius 1 is 1.29 bits per heavy atom. The molecule has 0 amide bonds. The largest absolute Gasteiger partial charge is 0.465 e. The molecule has 5 nitrogen and oxygen atoms in total. The molecule has 0 fully saturated rings. The number of hydrogen-bond acceptors (Lipinski definition) is 5. The summed E-state index contributed by atoms with van der Waals surface area (Å²) in [5.74, 6) is -0.906. The molecule has 0 radical (unpaired) electrons. The Hall–Kier alpha value is -1.62. The number of methoxy groups -OCH3 is 2. The van der Waals surface area contributed by atoms with Crippen LogP contribution >= 0.6 is 11.6 Å². The van der Waals surface area contributed by atoms with Crippen molar-refractivity contribution in [1.29, 1.82) is 0 Å². The highest BCUT2D eigenvalue weighted by molar-refractivity contribution is 6.18. The van der Waals surface area contributed by atoms with Crippen LogP contribution in [0.25, 0.3) is 0 Å². The SMILES string of the molecule is COC(=O)c1cc(CCCl)cnc1C(=O)OC. The number of carbonyl (C=O) groups excluding carboxylic acids is 2. The van der Waals surface area contributed by atoms with Crippen LogP contribution in [0.2, 0.25) is 0 Å². The monoisotopic (exact) mass is 257 g/mol. The van der Waals surface area contributed by atoms with Crippen molar-refractivity contribution in [3.63, 3.8) is 0 Å². The van der Waals surface area contributed by atoms with Crippen molar-refractivity contribution in [1.82, 2.24) is 4.98 Å². The summed E-state index contributed by atoms with van der Waals surface area (Å²) >= 11 is 5.60. The molecule has 92 valence electrons. The van der Waals surface area contributed by atoms with Crippen LogP contribution in [0.15, 0.2) is 12.3 Å². The summed E-state index contributed by atoms with van der Waals surface area (Å²) in [6.45, 7) is 0. The second-order valence-corrected chi connectivity index (χ2v) is 3.54. The number of pyridine rings is 1. The van der Waals surface area contributed by atoms with Crippen molar-refractivity contribution >= 4 is 23.5 Å². The van der Waals surface area contributed by atoms with Crippen LogP contribution < -0.4 is 0 Å². The Labute approximate surface area is 104 Å². The minimum absolute atomic E-state index is 0.0577. The first-order valence-electron chi connectivity index (χ1n) is 4.85. The number of hydrogen-bond donors (Lipinski definition) is 0. The first-order valence-corrected chi connectivity index (χ1v) is 5.39. The van der Waals surface area contributed by atoms with E-state index in [1.165, 1.54) is 26.5 Å². The normalized spacial score (nSPS) is 9.82. The van der Waals surface area contributed by atoms with Crippen molar-refractivity contribution in [3.05, 3.63) is 29.1 Å². The quantitative estimate of drug-likeness (QED) is 0.603. The number of ether oxygens (including phenoxy) is 2. The van der Waals surface area contributed by atoms with Gasteiger partial charge in [0.15, 0.2) is 5.69 Å². The fraction of sp³-hybridized carbons (Fsp3) is 0.364. The Morgan fingerprint density at radius 2 is 1.94 bits per heavy atom. The maximum atomic E-state index is 11.5. The van der Waals surface area contributed by atoms with Gasteiger partial charge in [0, 0.05) is 12.1 Å². The van der Waals surface area contributed by atoms with E-state index in [-0.39, 0.29) is 11.3 Å². The summed E-state index contributed by atoms with van der Waals surface area (Å²) in [4.78, 5) is 26.8. The van der Waals surface area contributed by atoms with Crippen molar-refractivity contribution in [3.8, 4) is 0 Å². The van der Waals surface area contributed by atoms with E-state index in [2.05, 4.69) is 14.5 Å². The van der Waals surface area contributed by atoms with Crippen molar-refractivity contribution in [2.24, 2.45) is 0 Å². The maximum Gasteiger partial charge on any atom is 0.357 e. The highest BCUT2D eigenvalue weighted by Crippen LogP contribution is 2.12. The van der Waals surface area contributed by atoms with Crippen LogP contribution in [0.3, 0.4) is 0 Å². The zero-order chi connectivity index (χ0) is 12.8. The van der Waals surface area contributed by atoms with Crippen molar-refractivity contribution in [2.45, 2.75) is 6.42 Å². The van der Waals surface area contributed by atoms with Gasteiger partial charge in [-0.15, -0.1) is 11.6 Å². The van der Waals surface area contributed by atoms with E-state index in [0.717, 1.165) is 5.56 Å². The molecule has 1 rings (SSSR count). The lowest BCUT2D eigenvalue weighted by Gasteiger charge is -2.07. The molecule has 0 atom stereocenters. The van der Waals surface area contributed by atoms with E-state index in [1.807, 2.05) is 0 Å². The lowest BCUT2D eigenvalue weighted by molar-refractivity contribution is 0.0549. The fourth-order valence-electron chi connectivity index (χ4n) is 1.28. The molecule has 1 aromatic rings. The number of aromatic nitrogens is 1. The van der Waals surface area contributed by atoms with Crippen LogP contribution in [0.5, 0.6) is 0 Å². The minimum Gasteiger partial charge on any atom is -0.465 e. The zero-order valence-electron chi connectivity index (χ0n) is 9.53. The summed E-state index contributed by atoms with van der Waals surface area (Å²) in [5.41, 5.74) is 0.785. The van der Waals surface area contributed by atoms with Gasteiger partial charge in [-0.1, -0.05) is 0 Å². The minimum atomic E-state index is -0.678. The Kier molecular flexibility index (Phi) is 4.90. The zero-order valence-corrected chi connectivity index (χ0v) is 10.3. The highest BCUT2D eigenvalue weighted by Gasteiger charge is 2.20. The van der Waals surface area contributed by atoms with Crippen molar-refractivity contribution in [2.75, 3.05) is 20.1 Å². The molecule has 0 aliphatic rings. The number of rotatable bonds is 4. The number of alkyl halides is 1. The van der Waals surface area contributed by atoms with Crippen LogP contribution in [0.4, 0.5) is 0 Å². The number of esters is 2. The molecule has 0 spiro atoms. The van der Waals surface area contributed by atoms with Crippen LogP contribution in [-0.4, -0.2) is 37.0 Å². The Balaban J connectivity index is 3.21. The molecule has 1 aromatic heterocycles. The van der Waals surface area contributed by atoms with Crippen LogP contribution in [0.1, 0.15) is 26.4 Å². The second kappa shape index (κ2) is 6.20. The van der Waals surface area contributed by atoms with E-state index in [1.54, 1.807) is 0 Å². The number of halogens is 1. The van der Waals surface area contributed by atoms with Crippen LogP contribution in [-0.2, 0) is 15.9 Å². The first kappa shape index (κ1) is 13.4. The van der Waals surface area contributed by atoms with E-state index >= 15 is 0 Å². The first-order chi connectivity index (χ1) is 8.13. The summed E-state index contributed by atoms with van der Waals surface area (Å²) < 4.78 is 9.12. The van der Waals surface area contributed by atoms with Gasteiger partial charge in [-0.05, 0) is 18.1 Å². The molecule has 0 N–H and O–H groups in total. The molecule has 0 saturated heterocycles. The van der Waals surface area contributed by atoms with Gasteiger partial charge in [0.25, 0.3) is 0 Å². The molecule has 0 aliphatic carbocycles. The van der Waals surface area contributed by atoms with Gasteiger partial charge >= 0.3 is 11.9 Å². The third-order valence-corrected chi connectivity index (χ3v) is 2.30. The fourth-order valence-corrected chi connectivity index (χ4v) is 1.50. The highest BCUT2D eigenvalue weighted by atomic mass is 35.5. The smallest absolute Gasteiger partial charge is 0.357 e. The summed E-state index contributed by atoms with van der Waals surface area (Å²) in [6.07, 6.45) is 2.04. The van der Waals surface area contributed by atoms with Crippen molar-refractivity contribution < 1.29 is 19.1 Å². The molecule has 0 saturated carbocycles. The predicted molar refractivity (Wildman–Crippen MR) is 61.3 cm³/mol. The van der Waals surface area contributed by atoms with Gasteiger partial charge in [0.2, 0.25) is 0 Å². The summed E-state index contributed by atoms with van der Waals surface area (Å²) in [5, 5.41) is 0. The number of aryl methyl sites for hydroxylation is 1. The average molecular weight is 258 g/mol. The third-order valence-electron chi connectivity index (χ3n) is 2.11. The van der Waals surface area contributed by atoms with Gasteiger partial charge in [0.1, 0.15) is 0 Å². The summed E-state index contributed by atoms with van der Waals surface area (Å²) in [6, 6.07) is 1.54. The molecule has 0 aliphatic heterocycles. The number of carbonyl (C=O) groups is 2. The summed E-state index contributed by atoms with van der Waals surface area (Å²) in [7, 11) is 2.45. The molecule has 0 aromatic carbocycles. The van der Waals surface area contributed by atoms with E-state index < -0.39 is 11.9 Å². The molecular formula is C11H12ClNO4. The molecule has 1 heterocycles. The van der Waals surface area contributed by atoms with E-state index in [4.69, 9.17) is 11.6 Å².